The van der Waals surface area contributed by atoms with Gasteiger partial charge in [-0.25, -0.2) is 0 Å². The Morgan fingerprint density at radius 3 is 2.46 bits per heavy atom. The summed E-state index contributed by atoms with van der Waals surface area (Å²) in [6.07, 6.45) is 3.15. The van der Waals surface area contributed by atoms with Gasteiger partial charge in [0.25, 0.3) is 0 Å². The fourth-order valence-electron chi connectivity index (χ4n) is 1.83. The maximum absolute atomic E-state index is 9.03. The van der Waals surface area contributed by atoms with E-state index in [4.69, 9.17) is 14.6 Å². The molecule has 0 aromatic carbocycles. The van der Waals surface area contributed by atoms with E-state index in [1.807, 2.05) is 13.8 Å². The molecular weight excluding hydrogens is 168 g/mol. The second kappa shape index (κ2) is 4.40. The van der Waals surface area contributed by atoms with Gasteiger partial charge in [0.1, 0.15) is 0 Å². The number of aliphatic hydroxyl groups is 1. The molecule has 0 saturated carbocycles. The first kappa shape index (κ1) is 11.0. The van der Waals surface area contributed by atoms with E-state index in [0.717, 1.165) is 19.3 Å². The quantitative estimate of drug-likeness (QED) is 0.732. The van der Waals surface area contributed by atoms with Gasteiger partial charge in [-0.05, 0) is 20.3 Å². The Morgan fingerprint density at radius 2 is 1.92 bits per heavy atom. The van der Waals surface area contributed by atoms with Crippen molar-refractivity contribution in [2.24, 2.45) is 0 Å². The second-order valence-corrected chi connectivity index (χ2v) is 4.09. The molecule has 1 heterocycles. The highest BCUT2D eigenvalue weighted by Crippen LogP contribution is 2.28. The van der Waals surface area contributed by atoms with Crippen LogP contribution in [0.25, 0.3) is 0 Å². The van der Waals surface area contributed by atoms with Gasteiger partial charge in [-0.1, -0.05) is 13.3 Å². The van der Waals surface area contributed by atoms with Crippen molar-refractivity contribution in [2.75, 3.05) is 6.61 Å². The lowest BCUT2D eigenvalue weighted by Gasteiger charge is -2.40. The van der Waals surface area contributed by atoms with E-state index in [9.17, 15) is 0 Å². The molecule has 1 saturated heterocycles. The van der Waals surface area contributed by atoms with Gasteiger partial charge in [-0.3, -0.25) is 0 Å². The van der Waals surface area contributed by atoms with Crippen LogP contribution < -0.4 is 0 Å². The van der Waals surface area contributed by atoms with Crippen molar-refractivity contribution >= 4 is 0 Å². The average molecular weight is 188 g/mol. The number of hydrogen-bond acceptors (Lipinski definition) is 3. The van der Waals surface area contributed by atoms with Gasteiger partial charge < -0.3 is 14.6 Å². The average Bonchev–Trinajstić information content (AvgIpc) is 2.02. The van der Waals surface area contributed by atoms with Crippen LogP contribution >= 0.6 is 0 Å². The zero-order valence-electron chi connectivity index (χ0n) is 8.75. The Morgan fingerprint density at radius 1 is 1.31 bits per heavy atom. The first-order chi connectivity index (χ1) is 6.07. The van der Waals surface area contributed by atoms with E-state index in [2.05, 4.69) is 6.92 Å². The molecule has 78 valence electrons. The standard InChI is InChI=1S/C10H20O3/c1-4-5-8-6-9(7-11)13-10(2,3)12-8/h8-9,11H,4-7H2,1-3H3. The molecule has 0 aromatic rings. The molecule has 13 heavy (non-hydrogen) atoms. The Hall–Kier alpha value is -0.120. The first-order valence-electron chi connectivity index (χ1n) is 5.04. The maximum atomic E-state index is 9.03. The van der Waals surface area contributed by atoms with E-state index < -0.39 is 5.79 Å². The number of rotatable bonds is 3. The highest BCUT2D eigenvalue weighted by Gasteiger charge is 2.34. The molecule has 0 aliphatic carbocycles. The molecule has 3 nitrogen and oxygen atoms in total. The van der Waals surface area contributed by atoms with E-state index in [0.29, 0.717) is 0 Å². The maximum Gasteiger partial charge on any atom is 0.163 e. The first-order valence-corrected chi connectivity index (χ1v) is 5.04. The molecule has 0 amide bonds. The van der Waals surface area contributed by atoms with Gasteiger partial charge in [-0.15, -0.1) is 0 Å². The lowest BCUT2D eigenvalue weighted by Crippen LogP contribution is -2.45. The molecule has 1 N–H and O–H groups in total. The third-order valence-corrected chi connectivity index (χ3v) is 2.24. The van der Waals surface area contributed by atoms with Crippen molar-refractivity contribution in [3.05, 3.63) is 0 Å². The summed E-state index contributed by atoms with van der Waals surface area (Å²) in [6.45, 7) is 6.03. The van der Waals surface area contributed by atoms with Crippen LogP contribution in [-0.4, -0.2) is 29.7 Å². The van der Waals surface area contributed by atoms with Gasteiger partial charge in [0.05, 0.1) is 18.8 Å². The number of hydrogen-bond donors (Lipinski definition) is 1. The highest BCUT2D eigenvalue weighted by molar-refractivity contribution is 4.75. The molecule has 1 aliphatic heterocycles. The molecular formula is C10H20O3. The molecule has 2 atom stereocenters. The zero-order chi connectivity index (χ0) is 9.90. The predicted octanol–water partition coefficient (Wildman–Crippen LogP) is 1.69. The summed E-state index contributed by atoms with van der Waals surface area (Å²) in [4.78, 5) is 0. The third kappa shape index (κ3) is 3.25. The van der Waals surface area contributed by atoms with Gasteiger partial charge in [-0.2, -0.15) is 0 Å². The van der Waals surface area contributed by atoms with Crippen molar-refractivity contribution in [1.29, 1.82) is 0 Å². The normalized spacial score (nSPS) is 33.2. The summed E-state index contributed by atoms with van der Waals surface area (Å²) in [5, 5.41) is 9.03. The van der Waals surface area contributed by atoms with Crippen LogP contribution in [0.15, 0.2) is 0 Å². The molecule has 3 heteroatoms. The van der Waals surface area contributed by atoms with Crippen LogP contribution in [0.1, 0.15) is 40.0 Å². The lowest BCUT2D eigenvalue weighted by atomic mass is 10.0. The van der Waals surface area contributed by atoms with Gasteiger partial charge >= 0.3 is 0 Å². The summed E-state index contributed by atoms with van der Waals surface area (Å²) in [5.41, 5.74) is 0. The van der Waals surface area contributed by atoms with Gasteiger partial charge in [0, 0.05) is 6.42 Å². The summed E-state index contributed by atoms with van der Waals surface area (Å²) in [5.74, 6) is -0.536. The van der Waals surface area contributed by atoms with Crippen LogP contribution in [0.3, 0.4) is 0 Å². The van der Waals surface area contributed by atoms with Crippen molar-refractivity contribution in [3.8, 4) is 0 Å². The fraction of sp³-hybridized carbons (Fsp3) is 1.00. The molecule has 0 bridgehead atoms. The van der Waals surface area contributed by atoms with Crippen LogP contribution in [0.2, 0.25) is 0 Å². The largest absolute Gasteiger partial charge is 0.394 e. The Bertz CT molecular complexity index is 156. The van der Waals surface area contributed by atoms with Crippen LogP contribution in [0, 0.1) is 0 Å². The van der Waals surface area contributed by atoms with Crippen molar-refractivity contribution in [1.82, 2.24) is 0 Å². The van der Waals surface area contributed by atoms with Crippen LogP contribution in [0.4, 0.5) is 0 Å². The monoisotopic (exact) mass is 188 g/mol. The molecule has 1 aliphatic rings. The van der Waals surface area contributed by atoms with Gasteiger partial charge in [0.2, 0.25) is 0 Å². The van der Waals surface area contributed by atoms with E-state index >= 15 is 0 Å². The molecule has 2 unspecified atom stereocenters. The van der Waals surface area contributed by atoms with E-state index in [1.165, 1.54) is 0 Å². The smallest absolute Gasteiger partial charge is 0.163 e. The molecule has 0 aromatic heterocycles. The summed E-state index contributed by atoms with van der Waals surface area (Å²) >= 11 is 0. The summed E-state index contributed by atoms with van der Waals surface area (Å²) in [7, 11) is 0. The van der Waals surface area contributed by atoms with Crippen molar-refractivity contribution < 1.29 is 14.6 Å². The predicted molar refractivity (Wildman–Crippen MR) is 50.4 cm³/mol. The minimum absolute atomic E-state index is 0.0553. The van der Waals surface area contributed by atoms with Crippen molar-refractivity contribution in [3.63, 3.8) is 0 Å². The van der Waals surface area contributed by atoms with Gasteiger partial charge in [0.15, 0.2) is 5.79 Å². The molecule has 1 fully saturated rings. The Labute approximate surface area is 80.0 Å². The third-order valence-electron chi connectivity index (χ3n) is 2.24. The zero-order valence-corrected chi connectivity index (χ0v) is 8.75. The summed E-state index contributed by atoms with van der Waals surface area (Å²) in [6, 6.07) is 0. The van der Waals surface area contributed by atoms with Crippen LogP contribution in [-0.2, 0) is 9.47 Å². The Kier molecular flexibility index (Phi) is 3.71. The van der Waals surface area contributed by atoms with E-state index in [-0.39, 0.29) is 18.8 Å². The fourth-order valence-corrected chi connectivity index (χ4v) is 1.83. The number of aliphatic hydroxyl groups excluding tert-OH is 1. The summed E-state index contributed by atoms with van der Waals surface area (Å²) < 4.78 is 11.2. The van der Waals surface area contributed by atoms with E-state index in [1.54, 1.807) is 0 Å². The minimum atomic E-state index is -0.536. The lowest BCUT2D eigenvalue weighted by molar-refractivity contribution is -0.304. The number of ether oxygens (including phenoxy) is 2. The Balaban J connectivity index is 2.49. The molecule has 1 rings (SSSR count). The minimum Gasteiger partial charge on any atom is -0.394 e. The topological polar surface area (TPSA) is 38.7 Å². The SMILES string of the molecule is CCCC1CC(CO)OC(C)(C)O1. The second-order valence-electron chi connectivity index (χ2n) is 4.09. The highest BCUT2D eigenvalue weighted by atomic mass is 16.7. The molecule has 0 spiro atoms. The van der Waals surface area contributed by atoms with Crippen molar-refractivity contribution in [2.45, 2.75) is 58.0 Å². The molecule has 0 radical (unpaired) electrons. The van der Waals surface area contributed by atoms with Crippen LogP contribution in [0.5, 0.6) is 0 Å².